The first-order valence-corrected chi connectivity index (χ1v) is 8.09. The van der Waals surface area contributed by atoms with Crippen LogP contribution < -0.4 is 9.47 Å². The molecule has 0 saturated heterocycles. The molecule has 6 heteroatoms. The second kappa shape index (κ2) is 6.12. The van der Waals surface area contributed by atoms with Crippen LogP contribution in [0.5, 0.6) is 11.6 Å². The minimum absolute atomic E-state index is 0.0870. The average molecular weight is 338 g/mol. The van der Waals surface area contributed by atoms with E-state index in [9.17, 15) is 4.79 Å². The van der Waals surface area contributed by atoms with Gasteiger partial charge in [-0.2, -0.15) is 0 Å². The van der Waals surface area contributed by atoms with E-state index in [0.717, 1.165) is 28.0 Å². The smallest absolute Gasteiger partial charge is 0.264 e. The van der Waals surface area contributed by atoms with Crippen molar-refractivity contribution in [1.29, 1.82) is 0 Å². The highest BCUT2D eigenvalue weighted by Gasteiger charge is 2.29. The first-order valence-electron chi connectivity index (χ1n) is 8.09. The Morgan fingerprint density at radius 2 is 2.20 bits per heavy atom. The number of nitrogens with zero attached hydrogens (tertiary/aromatic N) is 2. The van der Waals surface area contributed by atoms with Gasteiger partial charge in [0.15, 0.2) is 6.10 Å². The molecule has 0 spiro atoms. The third-order valence-corrected chi connectivity index (χ3v) is 4.30. The minimum Gasteiger partial charge on any atom is -0.497 e. The van der Waals surface area contributed by atoms with E-state index in [1.807, 2.05) is 36.4 Å². The maximum Gasteiger partial charge on any atom is 0.264 e. The molecule has 1 aliphatic heterocycles. The van der Waals surface area contributed by atoms with E-state index in [2.05, 4.69) is 4.98 Å². The number of hydrogen-bond acceptors (Lipinski definition) is 5. The number of fused-ring (bicyclic) bond motifs is 2. The fourth-order valence-electron chi connectivity index (χ4n) is 3.01. The molecule has 2 aromatic heterocycles. The largest absolute Gasteiger partial charge is 0.497 e. The van der Waals surface area contributed by atoms with E-state index >= 15 is 0 Å². The zero-order valence-corrected chi connectivity index (χ0v) is 14.1. The van der Waals surface area contributed by atoms with Gasteiger partial charge in [-0.05, 0) is 43.3 Å². The number of methoxy groups -OCH3 is 1. The number of hydrogen-bond donors (Lipinski definition) is 0. The van der Waals surface area contributed by atoms with Crippen molar-refractivity contribution in [2.24, 2.45) is 0 Å². The summed E-state index contributed by atoms with van der Waals surface area (Å²) in [5, 5.41) is 0.946. The molecule has 0 saturated carbocycles. The van der Waals surface area contributed by atoms with Crippen molar-refractivity contribution >= 4 is 16.8 Å². The highest BCUT2D eigenvalue weighted by Crippen LogP contribution is 2.30. The molecule has 4 rings (SSSR count). The van der Waals surface area contributed by atoms with E-state index in [1.54, 1.807) is 25.2 Å². The summed E-state index contributed by atoms with van der Waals surface area (Å²) in [5.41, 5.74) is 1.67. The van der Waals surface area contributed by atoms with Crippen LogP contribution in [0.4, 0.5) is 0 Å². The highest BCUT2D eigenvalue weighted by molar-refractivity contribution is 5.84. The second-order valence-corrected chi connectivity index (χ2v) is 6.05. The molecule has 0 fully saturated rings. The van der Waals surface area contributed by atoms with Gasteiger partial charge in [-0.1, -0.05) is 0 Å². The van der Waals surface area contributed by atoms with Crippen molar-refractivity contribution in [3.63, 3.8) is 0 Å². The van der Waals surface area contributed by atoms with Crippen molar-refractivity contribution < 1.29 is 18.7 Å². The molecule has 3 heterocycles. The lowest BCUT2D eigenvalue weighted by atomic mass is 10.1. The predicted molar refractivity (Wildman–Crippen MR) is 91.3 cm³/mol. The van der Waals surface area contributed by atoms with E-state index in [1.165, 1.54) is 0 Å². The SMILES string of the molecule is COc1ccc2nc3c(cc2c1)CN(Cc1ccco1)C(=O)C(C)O3. The molecule has 0 bridgehead atoms. The van der Waals surface area contributed by atoms with Crippen LogP contribution in [-0.2, 0) is 17.9 Å². The minimum atomic E-state index is -0.598. The van der Waals surface area contributed by atoms with Gasteiger partial charge < -0.3 is 18.8 Å². The Bertz CT molecular complexity index is 921. The van der Waals surface area contributed by atoms with E-state index < -0.39 is 6.10 Å². The predicted octanol–water partition coefficient (Wildman–Crippen LogP) is 3.15. The second-order valence-electron chi connectivity index (χ2n) is 6.05. The molecule has 6 nitrogen and oxygen atoms in total. The van der Waals surface area contributed by atoms with Crippen LogP contribution in [0.3, 0.4) is 0 Å². The lowest BCUT2D eigenvalue weighted by Crippen LogP contribution is -2.37. The Morgan fingerprint density at radius 1 is 1.32 bits per heavy atom. The van der Waals surface area contributed by atoms with Gasteiger partial charge in [-0.25, -0.2) is 4.98 Å². The molecular formula is C19H18N2O4. The highest BCUT2D eigenvalue weighted by atomic mass is 16.5. The lowest BCUT2D eigenvalue weighted by molar-refractivity contribution is -0.138. The first kappa shape index (κ1) is 15.5. The molecule has 1 atom stereocenters. The fourth-order valence-corrected chi connectivity index (χ4v) is 3.01. The van der Waals surface area contributed by atoms with Crippen molar-refractivity contribution in [1.82, 2.24) is 9.88 Å². The van der Waals surface area contributed by atoms with Gasteiger partial charge >= 0.3 is 0 Å². The number of ether oxygens (including phenoxy) is 2. The molecule has 1 amide bonds. The number of carbonyl (C=O) groups is 1. The van der Waals surface area contributed by atoms with Crippen molar-refractivity contribution in [2.75, 3.05) is 7.11 Å². The zero-order valence-electron chi connectivity index (χ0n) is 14.1. The summed E-state index contributed by atoms with van der Waals surface area (Å²) in [6.45, 7) is 2.56. The van der Waals surface area contributed by atoms with Crippen LogP contribution >= 0.6 is 0 Å². The van der Waals surface area contributed by atoms with Crippen LogP contribution in [0.25, 0.3) is 10.9 Å². The summed E-state index contributed by atoms with van der Waals surface area (Å²) >= 11 is 0. The maximum atomic E-state index is 12.6. The molecule has 1 aromatic carbocycles. The maximum absolute atomic E-state index is 12.6. The number of rotatable bonds is 3. The van der Waals surface area contributed by atoms with E-state index in [-0.39, 0.29) is 5.91 Å². The Morgan fingerprint density at radius 3 is 2.96 bits per heavy atom. The number of furan rings is 1. The van der Waals surface area contributed by atoms with Crippen LogP contribution in [0.1, 0.15) is 18.2 Å². The molecule has 0 aliphatic carbocycles. The Kier molecular flexibility index (Phi) is 3.80. The molecule has 3 aromatic rings. The Labute approximate surface area is 145 Å². The normalized spacial score (nSPS) is 17.1. The van der Waals surface area contributed by atoms with E-state index in [4.69, 9.17) is 13.9 Å². The van der Waals surface area contributed by atoms with Crippen molar-refractivity contribution in [2.45, 2.75) is 26.1 Å². The van der Waals surface area contributed by atoms with Gasteiger partial charge in [0.1, 0.15) is 11.5 Å². The van der Waals surface area contributed by atoms with Crippen molar-refractivity contribution in [3.8, 4) is 11.6 Å². The summed E-state index contributed by atoms with van der Waals surface area (Å²) in [5.74, 6) is 1.91. The number of amides is 1. The third-order valence-electron chi connectivity index (χ3n) is 4.30. The number of pyridine rings is 1. The van der Waals surface area contributed by atoms with Gasteiger partial charge in [0.25, 0.3) is 5.91 Å². The summed E-state index contributed by atoms with van der Waals surface area (Å²) in [6, 6.07) is 11.3. The van der Waals surface area contributed by atoms with Crippen LogP contribution in [0.15, 0.2) is 47.1 Å². The first-order chi connectivity index (χ1) is 12.1. The standard InChI is InChI=1S/C19H18N2O4/c1-12-19(22)21(11-16-4-3-7-24-16)10-14-8-13-9-15(23-2)5-6-17(13)20-18(14)25-12/h3-9,12H,10-11H2,1-2H3. The molecular weight excluding hydrogens is 320 g/mol. The van der Waals surface area contributed by atoms with Gasteiger partial charge in [-0.3, -0.25) is 4.79 Å². The summed E-state index contributed by atoms with van der Waals surface area (Å²) in [6.07, 6.45) is 1.01. The molecule has 0 N–H and O–H groups in total. The van der Waals surface area contributed by atoms with Crippen molar-refractivity contribution in [3.05, 3.63) is 54.0 Å². The number of carbonyl (C=O) groups excluding carboxylic acids is 1. The monoisotopic (exact) mass is 338 g/mol. The van der Waals surface area contributed by atoms with Gasteiger partial charge in [0, 0.05) is 10.9 Å². The molecule has 0 radical (unpaired) electrons. The van der Waals surface area contributed by atoms with Crippen LogP contribution in [0, 0.1) is 0 Å². The average Bonchev–Trinajstić information content (AvgIpc) is 3.09. The topological polar surface area (TPSA) is 64.8 Å². The van der Waals surface area contributed by atoms with Crippen LogP contribution in [-0.4, -0.2) is 29.0 Å². The zero-order chi connectivity index (χ0) is 17.4. The lowest BCUT2D eigenvalue weighted by Gasteiger charge is -2.20. The summed E-state index contributed by atoms with van der Waals surface area (Å²) in [4.78, 5) is 19.0. The van der Waals surface area contributed by atoms with E-state index in [0.29, 0.717) is 19.0 Å². The molecule has 1 unspecified atom stereocenters. The van der Waals surface area contributed by atoms with Gasteiger partial charge in [0.2, 0.25) is 5.88 Å². The Hall–Kier alpha value is -3.02. The van der Waals surface area contributed by atoms with Gasteiger partial charge in [0.05, 0.1) is 32.0 Å². The summed E-state index contributed by atoms with van der Waals surface area (Å²) in [7, 11) is 1.63. The number of benzene rings is 1. The fraction of sp³-hybridized carbons (Fsp3) is 0.263. The number of aromatic nitrogens is 1. The molecule has 1 aliphatic rings. The third kappa shape index (κ3) is 2.91. The van der Waals surface area contributed by atoms with Gasteiger partial charge in [-0.15, -0.1) is 0 Å². The quantitative estimate of drug-likeness (QED) is 0.734. The Balaban J connectivity index is 1.74. The van der Waals surface area contributed by atoms with Crippen LogP contribution in [0.2, 0.25) is 0 Å². The molecule has 25 heavy (non-hydrogen) atoms. The summed E-state index contributed by atoms with van der Waals surface area (Å²) < 4.78 is 16.5. The molecule has 128 valence electrons.